The highest BCUT2D eigenvalue weighted by Gasteiger charge is 2.43. The molecule has 4 atom stereocenters. The van der Waals surface area contributed by atoms with Gasteiger partial charge >= 0.3 is 11.9 Å². The SMILES string of the molecule is O=C(NC(C(=O)O)[C@@H]1CN2CCC1CC2)c1ccc(C(=O)NC(C(=O)O)[C@@H]2CN3CCC2CC3)cc1. The highest BCUT2D eigenvalue weighted by Crippen LogP contribution is 2.35. The van der Waals surface area contributed by atoms with Crippen molar-refractivity contribution in [3.05, 3.63) is 35.4 Å². The number of carbonyl (C=O) groups excluding carboxylic acids is 2. The van der Waals surface area contributed by atoms with E-state index in [1.54, 1.807) is 0 Å². The molecule has 1 aromatic rings. The van der Waals surface area contributed by atoms with Gasteiger partial charge in [0.1, 0.15) is 12.1 Å². The maximum atomic E-state index is 12.9. The number of amides is 2. The molecule has 0 aliphatic carbocycles. The smallest absolute Gasteiger partial charge is 0.326 e. The van der Waals surface area contributed by atoms with E-state index in [0.29, 0.717) is 24.9 Å². The topological polar surface area (TPSA) is 139 Å². The van der Waals surface area contributed by atoms with Gasteiger partial charge in [0, 0.05) is 36.1 Å². The first-order chi connectivity index (χ1) is 17.3. The number of benzene rings is 1. The predicted octanol–water partition coefficient (Wildman–Crippen LogP) is 0.736. The minimum absolute atomic E-state index is 0.127. The summed E-state index contributed by atoms with van der Waals surface area (Å²) in [6.07, 6.45) is 3.80. The lowest BCUT2D eigenvalue weighted by atomic mass is 9.75. The van der Waals surface area contributed by atoms with Gasteiger partial charge in [0.2, 0.25) is 0 Å². The maximum Gasteiger partial charge on any atom is 0.326 e. The van der Waals surface area contributed by atoms with E-state index in [2.05, 4.69) is 20.4 Å². The first kappa shape index (κ1) is 24.7. The fourth-order valence-electron chi connectivity index (χ4n) is 6.70. The number of hydrogen-bond acceptors (Lipinski definition) is 6. The Morgan fingerprint density at radius 3 is 1.25 bits per heavy atom. The third kappa shape index (κ3) is 4.97. The van der Waals surface area contributed by atoms with Crippen molar-refractivity contribution in [1.82, 2.24) is 20.4 Å². The molecule has 0 saturated carbocycles. The molecule has 7 rings (SSSR count). The molecule has 4 N–H and O–H groups in total. The number of carbonyl (C=O) groups is 4. The lowest BCUT2D eigenvalue weighted by molar-refractivity contribution is -0.143. The summed E-state index contributed by atoms with van der Waals surface area (Å²) >= 11 is 0. The predicted molar refractivity (Wildman–Crippen MR) is 130 cm³/mol. The molecule has 10 nitrogen and oxygen atoms in total. The standard InChI is InChI=1S/C26H34N4O6/c31-23(27-21(25(33)34)19-13-29-9-5-15(19)6-10-29)17-1-2-18(4-3-17)24(32)28-22(26(35)36)20-14-30-11-7-16(20)8-12-30/h1-4,15-16,19-22H,5-14H2,(H,27,31)(H,28,32)(H,33,34)(H,35,36)/t19-,20-,21?,22?/m1/s1. The molecule has 2 unspecified atom stereocenters. The molecule has 0 spiro atoms. The van der Waals surface area contributed by atoms with E-state index < -0.39 is 35.8 Å². The molecule has 6 heterocycles. The second-order valence-electron chi connectivity index (χ2n) is 10.8. The van der Waals surface area contributed by atoms with Crippen LogP contribution >= 0.6 is 0 Å². The summed E-state index contributed by atoms with van der Waals surface area (Å²) in [5.41, 5.74) is 0.512. The zero-order valence-corrected chi connectivity index (χ0v) is 20.3. The zero-order valence-electron chi connectivity index (χ0n) is 20.3. The molecule has 194 valence electrons. The number of rotatable bonds is 8. The van der Waals surface area contributed by atoms with Gasteiger partial charge in [-0.1, -0.05) is 0 Å². The molecule has 36 heavy (non-hydrogen) atoms. The van der Waals surface area contributed by atoms with E-state index in [1.807, 2.05) is 0 Å². The largest absolute Gasteiger partial charge is 0.480 e. The van der Waals surface area contributed by atoms with Crippen molar-refractivity contribution in [1.29, 1.82) is 0 Å². The summed E-state index contributed by atoms with van der Waals surface area (Å²) in [5, 5.41) is 25.0. The Balaban J connectivity index is 1.22. The van der Waals surface area contributed by atoms with Crippen molar-refractivity contribution in [3.63, 3.8) is 0 Å². The number of aliphatic carboxylic acids is 2. The van der Waals surface area contributed by atoms with Gasteiger partial charge in [0.05, 0.1) is 0 Å². The van der Waals surface area contributed by atoms with E-state index in [0.717, 1.165) is 51.9 Å². The van der Waals surface area contributed by atoms with Gasteiger partial charge in [-0.05, 0) is 88.0 Å². The number of carboxylic acids is 2. The summed E-state index contributed by atoms with van der Waals surface area (Å²) in [6.45, 7) is 5.26. The summed E-state index contributed by atoms with van der Waals surface area (Å²) in [6, 6.07) is 3.97. The highest BCUT2D eigenvalue weighted by molar-refractivity contribution is 6.00. The molecule has 0 aromatic heterocycles. The van der Waals surface area contributed by atoms with Crippen LogP contribution in [0.15, 0.2) is 24.3 Å². The van der Waals surface area contributed by atoms with E-state index in [1.165, 1.54) is 24.3 Å². The summed E-state index contributed by atoms with van der Waals surface area (Å²) in [5.74, 6) is -2.74. The molecule has 1 aromatic carbocycles. The number of carboxylic acid groups (broad SMARTS) is 2. The van der Waals surface area contributed by atoms with E-state index in [9.17, 15) is 29.4 Å². The van der Waals surface area contributed by atoms with Crippen LogP contribution in [0.2, 0.25) is 0 Å². The van der Waals surface area contributed by atoms with Crippen LogP contribution in [0.5, 0.6) is 0 Å². The number of nitrogens with zero attached hydrogens (tertiary/aromatic N) is 2. The fraction of sp³-hybridized carbons (Fsp3) is 0.615. The molecule has 6 fully saturated rings. The lowest BCUT2D eigenvalue weighted by Gasteiger charge is -2.46. The number of nitrogens with one attached hydrogen (secondary N) is 2. The van der Waals surface area contributed by atoms with E-state index in [4.69, 9.17) is 0 Å². The molecule has 0 radical (unpaired) electrons. The molecule has 6 aliphatic heterocycles. The molecule has 4 bridgehead atoms. The minimum Gasteiger partial charge on any atom is -0.480 e. The Morgan fingerprint density at radius 2 is 1.00 bits per heavy atom. The first-order valence-electron chi connectivity index (χ1n) is 12.9. The van der Waals surface area contributed by atoms with Gasteiger partial charge < -0.3 is 30.6 Å². The second-order valence-corrected chi connectivity index (χ2v) is 10.8. The van der Waals surface area contributed by atoms with Gasteiger partial charge in [-0.3, -0.25) is 9.59 Å². The Morgan fingerprint density at radius 1 is 0.667 bits per heavy atom. The van der Waals surface area contributed by atoms with E-state index >= 15 is 0 Å². The van der Waals surface area contributed by atoms with Crippen molar-refractivity contribution >= 4 is 23.8 Å². The van der Waals surface area contributed by atoms with Gasteiger partial charge in [-0.25, -0.2) is 9.59 Å². The van der Waals surface area contributed by atoms with E-state index in [-0.39, 0.29) is 23.0 Å². The van der Waals surface area contributed by atoms with Crippen LogP contribution in [0.4, 0.5) is 0 Å². The average molecular weight is 499 g/mol. The highest BCUT2D eigenvalue weighted by atomic mass is 16.4. The molecule has 2 amide bonds. The van der Waals surface area contributed by atoms with Crippen LogP contribution in [-0.2, 0) is 9.59 Å². The zero-order chi connectivity index (χ0) is 25.4. The Hall–Kier alpha value is -2.98. The summed E-state index contributed by atoms with van der Waals surface area (Å²) in [4.78, 5) is 54.2. The van der Waals surface area contributed by atoms with Gasteiger partial charge in [0.15, 0.2) is 0 Å². The molecular formula is C26H34N4O6. The maximum absolute atomic E-state index is 12.9. The van der Waals surface area contributed by atoms with Crippen LogP contribution in [0.3, 0.4) is 0 Å². The third-order valence-electron chi connectivity index (χ3n) is 8.78. The van der Waals surface area contributed by atoms with Crippen molar-refractivity contribution in [2.45, 2.75) is 37.8 Å². The summed E-state index contributed by atoms with van der Waals surface area (Å²) < 4.78 is 0. The van der Waals surface area contributed by atoms with Gasteiger partial charge in [-0.2, -0.15) is 0 Å². The van der Waals surface area contributed by atoms with Crippen LogP contribution < -0.4 is 10.6 Å². The van der Waals surface area contributed by atoms with Gasteiger partial charge in [-0.15, -0.1) is 0 Å². The second kappa shape index (κ2) is 10.2. The quantitative estimate of drug-likeness (QED) is 0.412. The summed E-state index contributed by atoms with van der Waals surface area (Å²) in [7, 11) is 0. The van der Waals surface area contributed by atoms with Crippen molar-refractivity contribution in [2.24, 2.45) is 23.7 Å². The minimum atomic E-state index is -1.04. The first-order valence-corrected chi connectivity index (χ1v) is 12.9. The number of piperidine rings is 6. The number of fused-ring (bicyclic) bond motifs is 6. The van der Waals surface area contributed by atoms with Crippen molar-refractivity contribution in [3.8, 4) is 0 Å². The molecule has 10 heteroatoms. The normalized spacial score (nSPS) is 32.3. The van der Waals surface area contributed by atoms with Crippen molar-refractivity contribution in [2.75, 3.05) is 39.3 Å². The molecule has 6 aliphatic rings. The third-order valence-corrected chi connectivity index (χ3v) is 8.78. The number of hydrogen-bond donors (Lipinski definition) is 4. The van der Waals surface area contributed by atoms with Crippen LogP contribution in [0.25, 0.3) is 0 Å². The van der Waals surface area contributed by atoms with Crippen LogP contribution in [-0.4, -0.2) is 95.1 Å². The Kier molecular flexibility index (Phi) is 6.98. The Labute approximate surface area is 210 Å². The Bertz CT molecular complexity index is 933. The van der Waals surface area contributed by atoms with Crippen molar-refractivity contribution < 1.29 is 29.4 Å². The van der Waals surface area contributed by atoms with Crippen LogP contribution in [0, 0.1) is 23.7 Å². The average Bonchev–Trinajstić information content (AvgIpc) is 2.91. The monoisotopic (exact) mass is 498 g/mol. The van der Waals surface area contributed by atoms with Gasteiger partial charge in [0.25, 0.3) is 11.8 Å². The lowest BCUT2D eigenvalue weighted by Crippen LogP contribution is -2.57. The molecular weight excluding hydrogens is 464 g/mol. The fourth-order valence-corrected chi connectivity index (χ4v) is 6.70. The van der Waals surface area contributed by atoms with Crippen LogP contribution in [0.1, 0.15) is 46.4 Å². The molecule has 6 saturated heterocycles.